The zero-order valence-corrected chi connectivity index (χ0v) is 15.1. The van der Waals surface area contributed by atoms with Gasteiger partial charge in [0, 0.05) is 23.6 Å². The first-order valence-corrected chi connectivity index (χ1v) is 9.00. The number of hydrogen-bond acceptors (Lipinski definition) is 4. The standard InChI is InChI=1S/C23H16N2O3/c1-25-22(26)19-13-7-4-10-16(19)20(24-25)23(27)28-21-17-11-5-2-8-14(17)15-9-3-6-12-18(15)21/h2-13,21H,1H3. The Bertz CT molecular complexity index is 1260. The molecular weight excluding hydrogens is 352 g/mol. The van der Waals surface area contributed by atoms with E-state index < -0.39 is 12.1 Å². The predicted octanol–water partition coefficient (Wildman–Crippen LogP) is 3.86. The van der Waals surface area contributed by atoms with Crippen LogP contribution in [0.5, 0.6) is 0 Å². The molecule has 0 atom stereocenters. The minimum atomic E-state index is -0.552. The normalized spacial score (nSPS) is 12.6. The number of carbonyl (C=O) groups excluding carboxylic acids is 1. The Morgan fingerprint density at radius 1 is 0.857 bits per heavy atom. The van der Waals surface area contributed by atoms with E-state index in [4.69, 9.17) is 4.74 Å². The van der Waals surface area contributed by atoms with E-state index in [1.807, 2.05) is 48.5 Å². The molecule has 0 unspecified atom stereocenters. The van der Waals surface area contributed by atoms with Gasteiger partial charge in [-0.2, -0.15) is 5.10 Å². The van der Waals surface area contributed by atoms with Crippen molar-refractivity contribution in [2.45, 2.75) is 6.10 Å². The molecule has 28 heavy (non-hydrogen) atoms. The smallest absolute Gasteiger partial charge is 0.360 e. The topological polar surface area (TPSA) is 61.2 Å². The Balaban J connectivity index is 1.62. The second-order valence-electron chi connectivity index (χ2n) is 6.78. The van der Waals surface area contributed by atoms with Crippen molar-refractivity contribution in [3.05, 3.63) is 100.0 Å². The molecule has 1 heterocycles. The fourth-order valence-electron chi connectivity index (χ4n) is 3.85. The van der Waals surface area contributed by atoms with Crippen LogP contribution in [0.15, 0.2) is 77.6 Å². The summed E-state index contributed by atoms with van der Waals surface area (Å²) in [5.41, 5.74) is 3.92. The van der Waals surface area contributed by atoms with Crippen molar-refractivity contribution in [2.75, 3.05) is 0 Å². The average molecular weight is 368 g/mol. The Labute approximate surface area is 160 Å². The first-order valence-electron chi connectivity index (χ1n) is 9.00. The van der Waals surface area contributed by atoms with Gasteiger partial charge in [0.1, 0.15) is 0 Å². The number of fused-ring (bicyclic) bond motifs is 4. The quantitative estimate of drug-likeness (QED) is 0.504. The highest BCUT2D eigenvalue weighted by molar-refractivity contribution is 6.02. The number of nitrogens with zero attached hydrogens (tertiary/aromatic N) is 2. The van der Waals surface area contributed by atoms with Crippen LogP contribution in [-0.4, -0.2) is 15.7 Å². The molecule has 3 aromatic carbocycles. The number of benzene rings is 3. The van der Waals surface area contributed by atoms with Crippen LogP contribution in [0, 0.1) is 0 Å². The van der Waals surface area contributed by atoms with Crippen molar-refractivity contribution >= 4 is 16.7 Å². The van der Waals surface area contributed by atoms with Crippen molar-refractivity contribution < 1.29 is 9.53 Å². The maximum Gasteiger partial charge on any atom is 0.360 e. The summed E-state index contributed by atoms with van der Waals surface area (Å²) >= 11 is 0. The fraction of sp³-hybridized carbons (Fsp3) is 0.0870. The molecule has 0 amide bonds. The number of aryl methyl sites for hydroxylation is 1. The highest BCUT2D eigenvalue weighted by Gasteiger charge is 2.32. The Morgan fingerprint density at radius 2 is 1.39 bits per heavy atom. The molecule has 5 heteroatoms. The van der Waals surface area contributed by atoms with Gasteiger partial charge in [0.2, 0.25) is 0 Å². The lowest BCUT2D eigenvalue weighted by Gasteiger charge is -2.16. The first-order chi connectivity index (χ1) is 13.6. The Morgan fingerprint density at radius 3 is 2.04 bits per heavy atom. The van der Waals surface area contributed by atoms with Crippen LogP contribution in [0.2, 0.25) is 0 Å². The molecule has 0 spiro atoms. The van der Waals surface area contributed by atoms with Crippen LogP contribution in [0.25, 0.3) is 21.9 Å². The molecule has 0 bridgehead atoms. The third kappa shape index (κ3) is 2.36. The van der Waals surface area contributed by atoms with Gasteiger partial charge in [-0.05, 0) is 17.2 Å². The molecule has 1 aliphatic rings. The second-order valence-corrected chi connectivity index (χ2v) is 6.78. The summed E-state index contributed by atoms with van der Waals surface area (Å²) in [5, 5.41) is 5.12. The van der Waals surface area contributed by atoms with Gasteiger partial charge in [0.15, 0.2) is 11.8 Å². The SMILES string of the molecule is Cn1nc(C(=O)OC2c3ccccc3-c3ccccc32)c2ccccc2c1=O. The monoisotopic (exact) mass is 368 g/mol. The van der Waals surface area contributed by atoms with Gasteiger partial charge in [-0.25, -0.2) is 9.48 Å². The van der Waals surface area contributed by atoms with Crippen LogP contribution >= 0.6 is 0 Å². The van der Waals surface area contributed by atoms with Crippen LogP contribution in [0.1, 0.15) is 27.7 Å². The fourth-order valence-corrected chi connectivity index (χ4v) is 3.85. The summed E-state index contributed by atoms with van der Waals surface area (Å²) in [4.78, 5) is 25.4. The average Bonchev–Trinajstić information content (AvgIpc) is 3.05. The van der Waals surface area contributed by atoms with Crippen molar-refractivity contribution in [2.24, 2.45) is 7.05 Å². The number of esters is 1. The maximum absolute atomic E-state index is 13.1. The van der Waals surface area contributed by atoms with E-state index in [1.165, 1.54) is 11.7 Å². The van der Waals surface area contributed by atoms with Crippen LogP contribution < -0.4 is 5.56 Å². The summed E-state index contributed by atoms with van der Waals surface area (Å²) in [7, 11) is 1.53. The molecule has 5 nitrogen and oxygen atoms in total. The zero-order valence-electron chi connectivity index (χ0n) is 15.1. The van der Waals surface area contributed by atoms with E-state index in [1.54, 1.807) is 24.3 Å². The summed E-state index contributed by atoms with van der Waals surface area (Å²) in [6, 6.07) is 22.8. The van der Waals surface area contributed by atoms with Gasteiger partial charge in [0.25, 0.3) is 5.56 Å². The minimum absolute atomic E-state index is 0.138. The number of carbonyl (C=O) groups is 1. The van der Waals surface area contributed by atoms with Crippen LogP contribution in [0.4, 0.5) is 0 Å². The molecule has 4 aromatic rings. The third-order valence-corrected chi connectivity index (χ3v) is 5.15. The summed E-state index contributed by atoms with van der Waals surface area (Å²) < 4.78 is 7.11. The number of hydrogen-bond donors (Lipinski definition) is 0. The Hall–Kier alpha value is -3.73. The molecule has 0 aliphatic heterocycles. The molecule has 0 radical (unpaired) electrons. The summed E-state index contributed by atoms with van der Waals surface area (Å²) in [6.45, 7) is 0. The molecule has 0 saturated carbocycles. The lowest BCUT2D eigenvalue weighted by Crippen LogP contribution is -2.24. The van der Waals surface area contributed by atoms with E-state index in [0.29, 0.717) is 10.8 Å². The highest BCUT2D eigenvalue weighted by Crippen LogP contribution is 2.45. The van der Waals surface area contributed by atoms with E-state index in [2.05, 4.69) is 5.10 Å². The van der Waals surface area contributed by atoms with Crippen molar-refractivity contribution in [1.29, 1.82) is 0 Å². The van der Waals surface area contributed by atoms with Crippen LogP contribution in [-0.2, 0) is 11.8 Å². The van der Waals surface area contributed by atoms with Gasteiger partial charge >= 0.3 is 5.97 Å². The molecule has 1 aromatic heterocycles. The lowest BCUT2D eigenvalue weighted by molar-refractivity contribution is 0.0378. The van der Waals surface area contributed by atoms with Crippen LogP contribution in [0.3, 0.4) is 0 Å². The largest absolute Gasteiger partial charge is 0.448 e. The lowest BCUT2D eigenvalue weighted by atomic mass is 10.1. The number of rotatable bonds is 2. The van der Waals surface area contributed by atoms with Gasteiger partial charge in [0.05, 0.1) is 5.39 Å². The Kier molecular flexibility index (Phi) is 3.62. The highest BCUT2D eigenvalue weighted by atomic mass is 16.5. The molecule has 1 aliphatic carbocycles. The summed E-state index contributed by atoms with van der Waals surface area (Å²) in [5.74, 6) is -0.552. The van der Waals surface area contributed by atoms with Crippen molar-refractivity contribution in [3.63, 3.8) is 0 Å². The van der Waals surface area contributed by atoms with Crippen molar-refractivity contribution in [3.8, 4) is 11.1 Å². The third-order valence-electron chi connectivity index (χ3n) is 5.15. The number of aromatic nitrogens is 2. The minimum Gasteiger partial charge on any atom is -0.448 e. The van der Waals surface area contributed by atoms with E-state index in [-0.39, 0.29) is 11.3 Å². The molecule has 0 fully saturated rings. The summed E-state index contributed by atoms with van der Waals surface area (Å²) in [6.07, 6.45) is -0.502. The zero-order chi connectivity index (χ0) is 19.3. The molecular formula is C23H16N2O3. The van der Waals surface area contributed by atoms with E-state index >= 15 is 0 Å². The first kappa shape index (κ1) is 16.4. The van der Waals surface area contributed by atoms with Gasteiger partial charge in [-0.1, -0.05) is 66.7 Å². The maximum atomic E-state index is 13.1. The van der Waals surface area contributed by atoms with Gasteiger partial charge in [-0.15, -0.1) is 0 Å². The molecule has 0 N–H and O–H groups in total. The molecule has 5 rings (SSSR count). The second kappa shape index (κ2) is 6.16. The van der Waals surface area contributed by atoms with Gasteiger partial charge < -0.3 is 4.74 Å². The molecule has 0 saturated heterocycles. The molecule has 136 valence electrons. The van der Waals surface area contributed by atoms with E-state index in [0.717, 1.165) is 22.3 Å². The van der Waals surface area contributed by atoms with E-state index in [9.17, 15) is 9.59 Å². The number of ether oxygens (including phenoxy) is 1. The predicted molar refractivity (Wildman–Crippen MR) is 106 cm³/mol. The van der Waals surface area contributed by atoms with Crippen molar-refractivity contribution in [1.82, 2.24) is 9.78 Å². The van der Waals surface area contributed by atoms with Gasteiger partial charge in [-0.3, -0.25) is 4.79 Å².